The lowest BCUT2D eigenvalue weighted by Gasteiger charge is -2.07. The Hall–Kier alpha value is -1.51. The van der Waals surface area contributed by atoms with Gasteiger partial charge in [-0.05, 0) is 23.3 Å². The van der Waals surface area contributed by atoms with Crippen molar-refractivity contribution in [1.29, 1.82) is 0 Å². The van der Waals surface area contributed by atoms with Crippen LogP contribution in [0.25, 0.3) is 0 Å². The fourth-order valence-electron chi connectivity index (χ4n) is 1.71. The minimum atomic E-state index is -0.0759. The average molecular weight is 294 g/mol. The predicted molar refractivity (Wildman–Crippen MR) is 78.5 cm³/mol. The maximum Gasteiger partial charge on any atom is 0.224 e. The molecule has 2 nitrogen and oxygen atoms in total. The van der Waals surface area contributed by atoms with Gasteiger partial charge in [-0.1, -0.05) is 59.6 Å². The summed E-state index contributed by atoms with van der Waals surface area (Å²) in [5.41, 5.74) is 1.72. The standard InChI is InChI=1S/C15H13Cl2NO/c16-13-7-3-1-5-11(13)9-15(19)18-10-12-6-2-4-8-14(12)17/h1-8H,9-10H2,(H,18,19). The Kier molecular flexibility index (Phi) is 4.83. The first-order chi connectivity index (χ1) is 9.16. The van der Waals surface area contributed by atoms with Gasteiger partial charge in [0.1, 0.15) is 0 Å². The van der Waals surface area contributed by atoms with E-state index in [1.54, 1.807) is 12.1 Å². The molecule has 1 N–H and O–H groups in total. The molecule has 19 heavy (non-hydrogen) atoms. The summed E-state index contributed by atoms with van der Waals surface area (Å²) in [4.78, 5) is 11.8. The van der Waals surface area contributed by atoms with Crippen LogP contribution >= 0.6 is 23.2 Å². The molecule has 98 valence electrons. The van der Waals surface area contributed by atoms with Crippen LogP contribution in [0.3, 0.4) is 0 Å². The first kappa shape index (κ1) is 13.9. The lowest BCUT2D eigenvalue weighted by atomic mass is 10.1. The van der Waals surface area contributed by atoms with Crippen LogP contribution in [-0.4, -0.2) is 5.91 Å². The number of amides is 1. The fourth-order valence-corrected chi connectivity index (χ4v) is 2.12. The normalized spacial score (nSPS) is 10.2. The van der Waals surface area contributed by atoms with Crippen molar-refractivity contribution in [2.75, 3.05) is 0 Å². The first-order valence-corrected chi connectivity index (χ1v) is 6.66. The van der Waals surface area contributed by atoms with Crippen molar-refractivity contribution in [3.63, 3.8) is 0 Å². The Balaban J connectivity index is 1.92. The van der Waals surface area contributed by atoms with Crippen molar-refractivity contribution in [2.24, 2.45) is 0 Å². The molecule has 1 amide bonds. The van der Waals surface area contributed by atoms with Crippen molar-refractivity contribution in [1.82, 2.24) is 5.32 Å². The zero-order chi connectivity index (χ0) is 13.7. The van der Waals surface area contributed by atoms with Crippen molar-refractivity contribution >= 4 is 29.1 Å². The first-order valence-electron chi connectivity index (χ1n) is 5.90. The molecule has 0 aliphatic carbocycles. The van der Waals surface area contributed by atoms with E-state index in [4.69, 9.17) is 23.2 Å². The number of nitrogens with one attached hydrogen (secondary N) is 1. The van der Waals surface area contributed by atoms with E-state index in [-0.39, 0.29) is 12.3 Å². The molecule has 0 fully saturated rings. The van der Waals surface area contributed by atoms with Crippen molar-refractivity contribution in [2.45, 2.75) is 13.0 Å². The van der Waals surface area contributed by atoms with Gasteiger partial charge in [-0.3, -0.25) is 4.79 Å². The number of carbonyl (C=O) groups is 1. The summed E-state index contributed by atoms with van der Waals surface area (Å²) < 4.78 is 0. The van der Waals surface area contributed by atoms with Gasteiger partial charge in [0.25, 0.3) is 0 Å². The number of hydrogen-bond acceptors (Lipinski definition) is 1. The summed E-state index contributed by atoms with van der Waals surface area (Å²) in [7, 11) is 0. The van der Waals surface area contributed by atoms with Crippen LogP contribution < -0.4 is 5.32 Å². The molecule has 0 aromatic heterocycles. The molecular weight excluding hydrogens is 281 g/mol. The van der Waals surface area contributed by atoms with E-state index in [9.17, 15) is 4.79 Å². The van der Waals surface area contributed by atoms with Crippen molar-refractivity contribution in [3.8, 4) is 0 Å². The maximum absolute atomic E-state index is 11.8. The number of halogens is 2. The van der Waals surface area contributed by atoms with Gasteiger partial charge >= 0.3 is 0 Å². The van der Waals surface area contributed by atoms with Crippen molar-refractivity contribution in [3.05, 3.63) is 69.7 Å². The molecule has 2 aromatic carbocycles. The molecule has 0 heterocycles. The van der Waals surface area contributed by atoms with Gasteiger partial charge in [0.15, 0.2) is 0 Å². The molecule has 2 aromatic rings. The second kappa shape index (κ2) is 6.60. The van der Waals surface area contributed by atoms with Gasteiger partial charge in [-0.25, -0.2) is 0 Å². The van der Waals surface area contributed by atoms with E-state index in [2.05, 4.69) is 5.32 Å². The van der Waals surface area contributed by atoms with Crippen LogP contribution in [0.4, 0.5) is 0 Å². The van der Waals surface area contributed by atoms with Crippen LogP contribution in [0.1, 0.15) is 11.1 Å². The van der Waals surface area contributed by atoms with Gasteiger partial charge in [-0.2, -0.15) is 0 Å². The minimum Gasteiger partial charge on any atom is -0.352 e. The number of rotatable bonds is 4. The Bertz CT molecular complexity index is 584. The number of benzene rings is 2. The highest BCUT2D eigenvalue weighted by atomic mass is 35.5. The second-order valence-corrected chi connectivity index (χ2v) is 4.95. The lowest BCUT2D eigenvalue weighted by molar-refractivity contribution is -0.120. The fraction of sp³-hybridized carbons (Fsp3) is 0.133. The number of carbonyl (C=O) groups excluding carboxylic acids is 1. The van der Waals surface area contributed by atoms with E-state index in [0.29, 0.717) is 16.6 Å². The molecule has 0 saturated heterocycles. The quantitative estimate of drug-likeness (QED) is 0.911. The van der Waals surface area contributed by atoms with Gasteiger partial charge in [0, 0.05) is 16.6 Å². The molecule has 0 spiro atoms. The maximum atomic E-state index is 11.8. The zero-order valence-corrected chi connectivity index (χ0v) is 11.7. The van der Waals surface area contributed by atoms with E-state index in [1.807, 2.05) is 36.4 Å². The molecule has 4 heteroatoms. The third-order valence-electron chi connectivity index (χ3n) is 2.74. The highest BCUT2D eigenvalue weighted by molar-refractivity contribution is 6.31. The van der Waals surface area contributed by atoms with Crippen LogP contribution in [0.15, 0.2) is 48.5 Å². The van der Waals surface area contributed by atoms with Gasteiger partial charge in [0.05, 0.1) is 6.42 Å². The minimum absolute atomic E-state index is 0.0759. The van der Waals surface area contributed by atoms with Crippen LogP contribution in [0.5, 0.6) is 0 Å². The molecule has 0 aliphatic heterocycles. The van der Waals surface area contributed by atoms with E-state index < -0.39 is 0 Å². The molecule has 0 saturated carbocycles. The summed E-state index contributed by atoms with van der Waals surface area (Å²) in [5, 5.41) is 4.09. The summed E-state index contributed by atoms with van der Waals surface area (Å²) in [6.07, 6.45) is 0.268. The van der Waals surface area contributed by atoms with Crippen molar-refractivity contribution < 1.29 is 4.79 Å². The molecular formula is C15H13Cl2NO. The summed E-state index contributed by atoms with van der Waals surface area (Å²) in [6.45, 7) is 0.420. The summed E-state index contributed by atoms with van der Waals surface area (Å²) >= 11 is 12.0. The molecule has 0 radical (unpaired) electrons. The van der Waals surface area contributed by atoms with Gasteiger partial charge < -0.3 is 5.32 Å². The molecule has 0 aliphatic rings. The van der Waals surface area contributed by atoms with E-state index in [0.717, 1.165) is 11.1 Å². The SMILES string of the molecule is O=C(Cc1ccccc1Cl)NCc1ccccc1Cl. The summed E-state index contributed by atoms with van der Waals surface area (Å²) in [5.74, 6) is -0.0759. The van der Waals surface area contributed by atoms with E-state index in [1.165, 1.54) is 0 Å². The number of hydrogen-bond donors (Lipinski definition) is 1. The predicted octanol–water partition coefficient (Wildman–Crippen LogP) is 3.85. The molecule has 0 unspecified atom stereocenters. The molecule has 2 rings (SSSR count). The Morgan fingerprint density at radius 1 is 0.895 bits per heavy atom. The van der Waals surface area contributed by atoms with Crippen LogP contribution in [0, 0.1) is 0 Å². The smallest absolute Gasteiger partial charge is 0.224 e. The van der Waals surface area contributed by atoms with Gasteiger partial charge in [0.2, 0.25) is 5.91 Å². The molecule has 0 atom stereocenters. The van der Waals surface area contributed by atoms with E-state index >= 15 is 0 Å². The highest BCUT2D eigenvalue weighted by Gasteiger charge is 2.07. The summed E-state index contributed by atoms with van der Waals surface area (Å²) in [6, 6.07) is 14.8. The van der Waals surface area contributed by atoms with Crippen LogP contribution in [-0.2, 0) is 17.8 Å². The Labute approximate surface area is 122 Å². The third-order valence-corrected chi connectivity index (χ3v) is 3.48. The van der Waals surface area contributed by atoms with Gasteiger partial charge in [-0.15, -0.1) is 0 Å². The zero-order valence-electron chi connectivity index (χ0n) is 10.2. The Morgan fingerprint density at radius 3 is 2.00 bits per heavy atom. The highest BCUT2D eigenvalue weighted by Crippen LogP contribution is 2.16. The lowest BCUT2D eigenvalue weighted by Crippen LogP contribution is -2.24. The topological polar surface area (TPSA) is 29.1 Å². The van der Waals surface area contributed by atoms with Crippen LogP contribution in [0.2, 0.25) is 10.0 Å². The second-order valence-electron chi connectivity index (χ2n) is 4.14. The largest absolute Gasteiger partial charge is 0.352 e. The Morgan fingerprint density at radius 2 is 1.42 bits per heavy atom. The third kappa shape index (κ3) is 3.98. The molecule has 0 bridgehead atoms. The average Bonchev–Trinajstić information content (AvgIpc) is 2.40. The monoisotopic (exact) mass is 293 g/mol.